The first-order valence-electron chi connectivity index (χ1n) is 4.79. The lowest BCUT2D eigenvalue weighted by atomic mass is 10.0. The number of rotatable bonds is 3. The fraction of sp³-hybridized carbons (Fsp3) is 0.455. The zero-order chi connectivity index (χ0) is 11.6. The molecular weight excluding hydrogens is 232 g/mol. The van der Waals surface area contributed by atoms with Crippen LogP contribution in [0.4, 0.5) is 0 Å². The van der Waals surface area contributed by atoms with Crippen LogP contribution < -0.4 is 0 Å². The quantitative estimate of drug-likeness (QED) is 0.822. The van der Waals surface area contributed by atoms with Gasteiger partial charge < -0.3 is 0 Å². The van der Waals surface area contributed by atoms with Crippen LogP contribution in [-0.4, -0.2) is 14.7 Å². The Morgan fingerprint density at radius 3 is 2.40 bits per heavy atom. The molecule has 2 nitrogen and oxygen atoms in total. The van der Waals surface area contributed by atoms with E-state index in [1.165, 1.54) is 12.3 Å². The molecule has 0 saturated carbocycles. The molecule has 0 radical (unpaired) electrons. The van der Waals surface area contributed by atoms with E-state index < -0.39 is 9.84 Å². The highest BCUT2D eigenvalue weighted by Crippen LogP contribution is 2.23. The molecule has 0 aromatic heterocycles. The largest absolute Gasteiger partial charge is 0.224 e. The molecule has 0 aliphatic carbocycles. The molecule has 84 valence electrons. The van der Waals surface area contributed by atoms with Crippen molar-refractivity contribution in [2.24, 2.45) is 5.92 Å². The maximum absolute atomic E-state index is 11.5. The minimum absolute atomic E-state index is 0.351. The second-order valence-corrected chi connectivity index (χ2v) is 6.54. The maximum atomic E-state index is 11.5. The summed E-state index contributed by atoms with van der Waals surface area (Å²) in [7, 11) is -3.19. The third kappa shape index (κ3) is 3.50. The molecule has 1 aromatic carbocycles. The minimum atomic E-state index is -3.19. The Hall–Kier alpha value is -0.540. The number of sulfone groups is 1. The first kappa shape index (κ1) is 12.5. The fourth-order valence-corrected chi connectivity index (χ4v) is 2.69. The van der Waals surface area contributed by atoms with Crippen LogP contribution in [0.25, 0.3) is 0 Å². The SMILES string of the molecule is CC(C)Cc1ccc(Cl)cc1S(C)(=O)=O. The summed E-state index contributed by atoms with van der Waals surface area (Å²) in [6.07, 6.45) is 1.96. The van der Waals surface area contributed by atoms with Gasteiger partial charge in [0.15, 0.2) is 9.84 Å². The fourth-order valence-electron chi connectivity index (χ4n) is 1.48. The molecule has 15 heavy (non-hydrogen) atoms. The molecule has 0 fully saturated rings. The van der Waals surface area contributed by atoms with Crippen LogP contribution >= 0.6 is 11.6 Å². The van der Waals surface area contributed by atoms with Crippen LogP contribution in [0.5, 0.6) is 0 Å². The minimum Gasteiger partial charge on any atom is -0.224 e. The molecule has 0 bridgehead atoms. The second-order valence-electron chi connectivity index (χ2n) is 4.12. The topological polar surface area (TPSA) is 34.1 Å². The van der Waals surface area contributed by atoms with Crippen molar-refractivity contribution in [2.75, 3.05) is 6.26 Å². The van der Waals surface area contributed by atoms with Crippen molar-refractivity contribution < 1.29 is 8.42 Å². The maximum Gasteiger partial charge on any atom is 0.175 e. The third-order valence-corrected chi connectivity index (χ3v) is 3.47. The molecule has 0 unspecified atom stereocenters. The van der Waals surface area contributed by atoms with E-state index in [2.05, 4.69) is 13.8 Å². The summed E-state index contributed by atoms with van der Waals surface area (Å²) < 4.78 is 23.1. The summed E-state index contributed by atoms with van der Waals surface area (Å²) >= 11 is 5.79. The van der Waals surface area contributed by atoms with Gasteiger partial charge >= 0.3 is 0 Å². The highest BCUT2D eigenvalue weighted by atomic mass is 35.5. The van der Waals surface area contributed by atoms with Gasteiger partial charge in [-0.15, -0.1) is 0 Å². The average molecular weight is 247 g/mol. The predicted octanol–water partition coefficient (Wildman–Crippen LogP) is 2.94. The Bertz CT molecular complexity index is 450. The normalized spacial score (nSPS) is 12.1. The van der Waals surface area contributed by atoms with Crippen molar-refractivity contribution in [3.05, 3.63) is 28.8 Å². The van der Waals surface area contributed by atoms with Crippen LogP contribution in [0.3, 0.4) is 0 Å². The summed E-state index contributed by atoms with van der Waals surface area (Å²) in [5, 5.41) is 0.461. The number of halogens is 1. The van der Waals surface area contributed by atoms with Crippen molar-refractivity contribution in [2.45, 2.75) is 25.2 Å². The first-order valence-corrected chi connectivity index (χ1v) is 7.06. The van der Waals surface area contributed by atoms with Gasteiger partial charge in [0.2, 0.25) is 0 Å². The molecule has 0 N–H and O–H groups in total. The number of benzene rings is 1. The van der Waals surface area contributed by atoms with E-state index in [9.17, 15) is 8.42 Å². The van der Waals surface area contributed by atoms with Crippen molar-refractivity contribution in [3.63, 3.8) is 0 Å². The van der Waals surface area contributed by atoms with Crippen molar-refractivity contribution in [1.82, 2.24) is 0 Å². The standard InChI is InChI=1S/C11H15ClO2S/c1-8(2)6-9-4-5-10(12)7-11(9)15(3,13)14/h4-5,7-8H,6H2,1-3H3. The zero-order valence-corrected chi connectivity index (χ0v) is 10.7. The van der Waals surface area contributed by atoms with E-state index >= 15 is 0 Å². The van der Waals surface area contributed by atoms with Crippen LogP contribution in [0.15, 0.2) is 23.1 Å². The Labute approximate surface area is 96.2 Å². The summed E-state index contributed by atoms with van der Waals surface area (Å²) in [6, 6.07) is 5.04. The van der Waals surface area contributed by atoms with Gasteiger partial charge in [0, 0.05) is 11.3 Å². The Morgan fingerprint density at radius 1 is 1.33 bits per heavy atom. The van der Waals surface area contributed by atoms with Gasteiger partial charge in [-0.1, -0.05) is 31.5 Å². The summed E-state index contributed by atoms with van der Waals surface area (Å²) in [5.74, 6) is 0.423. The predicted molar refractivity (Wildman–Crippen MR) is 63.1 cm³/mol. The highest BCUT2D eigenvalue weighted by molar-refractivity contribution is 7.90. The van der Waals surface area contributed by atoms with E-state index in [4.69, 9.17) is 11.6 Å². The summed E-state index contributed by atoms with van der Waals surface area (Å²) in [4.78, 5) is 0.351. The zero-order valence-electron chi connectivity index (χ0n) is 9.12. The average Bonchev–Trinajstić information content (AvgIpc) is 2.05. The third-order valence-electron chi connectivity index (χ3n) is 2.06. The molecule has 0 amide bonds. The van der Waals surface area contributed by atoms with Gasteiger partial charge in [-0.3, -0.25) is 0 Å². The van der Waals surface area contributed by atoms with E-state index in [-0.39, 0.29) is 0 Å². The van der Waals surface area contributed by atoms with E-state index in [0.29, 0.717) is 15.8 Å². The smallest absolute Gasteiger partial charge is 0.175 e. The lowest BCUT2D eigenvalue weighted by Crippen LogP contribution is -2.05. The van der Waals surface area contributed by atoms with Crippen LogP contribution in [0, 0.1) is 5.92 Å². The lowest BCUT2D eigenvalue weighted by molar-refractivity contribution is 0.596. The Morgan fingerprint density at radius 2 is 1.93 bits per heavy atom. The highest BCUT2D eigenvalue weighted by Gasteiger charge is 2.14. The van der Waals surface area contributed by atoms with E-state index in [0.717, 1.165) is 12.0 Å². The van der Waals surface area contributed by atoms with Crippen molar-refractivity contribution in [1.29, 1.82) is 0 Å². The van der Waals surface area contributed by atoms with Gasteiger partial charge in [0.05, 0.1) is 4.90 Å². The second kappa shape index (κ2) is 4.54. The molecule has 0 saturated heterocycles. The molecule has 0 atom stereocenters. The first-order chi connectivity index (χ1) is 6.80. The number of hydrogen-bond acceptors (Lipinski definition) is 2. The van der Waals surface area contributed by atoms with E-state index in [1.54, 1.807) is 12.1 Å². The van der Waals surface area contributed by atoms with Crippen molar-refractivity contribution >= 4 is 21.4 Å². The Balaban J connectivity index is 3.27. The molecule has 0 heterocycles. The van der Waals surface area contributed by atoms with Gasteiger partial charge in [-0.25, -0.2) is 8.42 Å². The summed E-state index contributed by atoms with van der Waals surface area (Å²) in [6.45, 7) is 4.11. The molecule has 1 aromatic rings. The van der Waals surface area contributed by atoms with Gasteiger partial charge in [-0.2, -0.15) is 0 Å². The monoisotopic (exact) mass is 246 g/mol. The molecular formula is C11H15ClO2S. The van der Waals surface area contributed by atoms with Gasteiger partial charge in [0.1, 0.15) is 0 Å². The summed E-state index contributed by atoms with van der Waals surface area (Å²) in [5.41, 5.74) is 0.844. The molecule has 0 spiro atoms. The van der Waals surface area contributed by atoms with E-state index in [1.807, 2.05) is 0 Å². The molecule has 1 rings (SSSR count). The van der Waals surface area contributed by atoms with Gasteiger partial charge in [-0.05, 0) is 30.0 Å². The lowest BCUT2D eigenvalue weighted by Gasteiger charge is -2.10. The number of hydrogen-bond donors (Lipinski definition) is 0. The molecule has 0 aliphatic heterocycles. The molecule has 4 heteroatoms. The van der Waals surface area contributed by atoms with Crippen LogP contribution in [0.1, 0.15) is 19.4 Å². The van der Waals surface area contributed by atoms with Crippen molar-refractivity contribution in [3.8, 4) is 0 Å². The van der Waals surface area contributed by atoms with Gasteiger partial charge in [0.25, 0.3) is 0 Å². The molecule has 0 aliphatic rings. The Kier molecular flexibility index (Phi) is 3.79. The van der Waals surface area contributed by atoms with Crippen LogP contribution in [-0.2, 0) is 16.3 Å². The van der Waals surface area contributed by atoms with Crippen LogP contribution in [0.2, 0.25) is 5.02 Å².